The van der Waals surface area contributed by atoms with E-state index in [0.717, 1.165) is 18.4 Å². The number of hydrogen-bond acceptors (Lipinski definition) is 4. The number of benzene rings is 2. The maximum Gasteiger partial charge on any atom is 0.253 e. The molecule has 3 amide bonds. The number of carbonyl (C=O) groups excluding carboxylic acids is 3. The second-order valence-electron chi connectivity index (χ2n) is 7.70. The molecule has 3 rings (SSSR count). The van der Waals surface area contributed by atoms with Crippen molar-refractivity contribution < 1.29 is 14.4 Å². The van der Waals surface area contributed by atoms with Crippen molar-refractivity contribution in [3.05, 3.63) is 53.6 Å². The van der Waals surface area contributed by atoms with Crippen molar-refractivity contribution in [3.63, 3.8) is 0 Å². The monoisotopic (exact) mass is 422 g/mol. The molecule has 1 fully saturated rings. The lowest BCUT2D eigenvalue weighted by atomic mass is 10.1. The van der Waals surface area contributed by atoms with E-state index < -0.39 is 0 Å². The summed E-state index contributed by atoms with van der Waals surface area (Å²) in [4.78, 5) is 38.8. The number of hydrogen-bond donors (Lipinski definition) is 3. The zero-order valence-electron chi connectivity index (χ0n) is 18.3. The van der Waals surface area contributed by atoms with Gasteiger partial charge in [-0.1, -0.05) is 12.1 Å². The standard InChI is InChI=1S/C24H30N4O3/c1-4-28(5-2)24(31)18-8-6-9-19(14-18)25-15-22(29)26-20-10-7-11-21(16(20)3)27-23(30)17-12-13-17/h6-11,14,17,25H,4-5,12-13,15H2,1-3H3,(H,26,29)(H,27,30). The van der Waals surface area contributed by atoms with Gasteiger partial charge in [-0.15, -0.1) is 0 Å². The molecule has 0 aromatic heterocycles. The Balaban J connectivity index is 1.59. The third kappa shape index (κ3) is 5.84. The Kier molecular flexibility index (Phi) is 7.28. The summed E-state index contributed by atoms with van der Waals surface area (Å²) < 4.78 is 0. The van der Waals surface area contributed by atoms with Crippen LogP contribution >= 0.6 is 0 Å². The lowest BCUT2D eigenvalue weighted by Gasteiger charge is -2.19. The van der Waals surface area contributed by atoms with Crippen molar-refractivity contribution in [2.24, 2.45) is 5.92 Å². The van der Waals surface area contributed by atoms with Crippen LogP contribution < -0.4 is 16.0 Å². The van der Waals surface area contributed by atoms with Gasteiger partial charge in [-0.05, 0) is 69.5 Å². The minimum absolute atomic E-state index is 0.0289. The first-order valence-electron chi connectivity index (χ1n) is 10.8. The quantitative estimate of drug-likeness (QED) is 0.572. The molecule has 1 saturated carbocycles. The second kappa shape index (κ2) is 10.1. The van der Waals surface area contributed by atoms with Gasteiger partial charge in [-0.3, -0.25) is 14.4 Å². The van der Waals surface area contributed by atoms with E-state index in [4.69, 9.17) is 0 Å². The highest BCUT2D eigenvalue weighted by Crippen LogP contribution is 2.31. The Morgan fingerprint density at radius 2 is 1.61 bits per heavy atom. The van der Waals surface area contributed by atoms with Crippen LogP contribution in [-0.4, -0.2) is 42.3 Å². The topological polar surface area (TPSA) is 90.5 Å². The summed E-state index contributed by atoms with van der Waals surface area (Å²) in [6, 6.07) is 12.6. The van der Waals surface area contributed by atoms with Crippen molar-refractivity contribution in [2.75, 3.05) is 35.6 Å². The van der Waals surface area contributed by atoms with Crippen LogP contribution in [0, 0.1) is 12.8 Å². The summed E-state index contributed by atoms with van der Waals surface area (Å²) in [5.41, 5.74) is 3.48. The molecule has 2 aromatic rings. The van der Waals surface area contributed by atoms with E-state index in [2.05, 4.69) is 16.0 Å². The van der Waals surface area contributed by atoms with Gasteiger partial charge in [-0.2, -0.15) is 0 Å². The summed E-state index contributed by atoms with van der Waals surface area (Å²) in [6.07, 6.45) is 1.88. The van der Waals surface area contributed by atoms with E-state index in [0.29, 0.717) is 35.7 Å². The summed E-state index contributed by atoms with van der Waals surface area (Å²) in [7, 11) is 0. The van der Waals surface area contributed by atoms with Crippen LogP contribution in [-0.2, 0) is 9.59 Å². The molecule has 0 radical (unpaired) electrons. The molecule has 7 heteroatoms. The summed E-state index contributed by atoms with van der Waals surface area (Å²) in [5, 5.41) is 8.89. The third-order valence-electron chi connectivity index (χ3n) is 5.43. The molecule has 0 saturated heterocycles. The van der Waals surface area contributed by atoms with Crippen LogP contribution in [0.15, 0.2) is 42.5 Å². The molecule has 31 heavy (non-hydrogen) atoms. The third-order valence-corrected chi connectivity index (χ3v) is 5.43. The smallest absolute Gasteiger partial charge is 0.253 e. The number of rotatable bonds is 9. The van der Waals surface area contributed by atoms with E-state index in [9.17, 15) is 14.4 Å². The van der Waals surface area contributed by atoms with Crippen molar-refractivity contribution in [2.45, 2.75) is 33.6 Å². The van der Waals surface area contributed by atoms with Crippen LogP contribution in [0.1, 0.15) is 42.6 Å². The van der Waals surface area contributed by atoms with Crippen LogP contribution in [0.2, 0.25) is 0 Å². The maximum atomic E-state index is 12.5. The van der Waals surface area contributed by atoms with E-state index >= 15 is 0 Å². The fourth-order valence-corrected chi connectivity index (χ4v) is 3.32. The molecule has 7 nitrogen and oxygen atoms in total. The zero-order valence-corrected chi connectivity index (χ0v) is 18.3. The summed E-state index contributed by atoms with van der Waals surface area (Å²) >= 11 is 0. The predicted molar refractivity (Wildman–Crippen MR) is 123 cm³/mol. The van der Waals surface area contributed by atoms with Gasteiger partial charge in [0.05, 0.1) is 6.54 Å². The molecule has 3 N–H and O–H groups in total. The highest BCUT2D eigenvalue weighted by molar-refractivity contribution is 5.99. The van der Waals surface area contributed by atoms with E-state index in [1.165, 1.54) is 0 Å². The summed E-state index contributed by atoms with van der Waals surface area (Å²) in [6.45, 7) is 7.11. The van der Waals surface area contributed by atoms with Crippen LogP contribution in [0.25, 0.3) is 0 Å². The molecule has 0 unspecified atom stereocenters. The Labute approximate surface area is 183 Å². The fraction of sp³-hybridized carbons (Fsp3) is 0.375. The molecular weight excluding hydrogens is 392 g/mol. The number of nitrogens with zero attached hydrogens (tertiary/aromatic N) is 1. The molecule has 0 heterocycles. The molecular formula is C24H30N4O3. The van der Waals surface area contributed by atoms with Crippen molar-refractivity contribution >= 4 is 34.8 Å². The molecule has 2 aromatic carbocycles. The first-order valence-corrected chi connectivity index (χ1v) is 10.8. The average Bonchev–Trinajstić information content (AvgIpc) is 3.62. The lowest BCUT2D eigenvalue weighted by molar-refractivity contribution is -0.117. The number of amides is 3. The first kappa shape index (κ1) is 22.3. The van der Waals surface area contributed by atoms with Crippen molar-refractivity contribution in [3.8, 4) is 0 Å². The fourth-order valence-electron chi connectivity index (χ4n) is 3.32. The molecule has 0 aliphatic heterocycles. The molecule has 1 aliphatic carbocycles. The minimum Gasteiger partial charge on any atom is -0.376 e. The number of nitrogens with one attached hydrogen (secondary N) is 3. The second-order valence-corrected chi connectivity index (χ2v) is 7.70. The van der Waals surface area contributed by atoms with Crippen molar-refractivity contribution in [1.82, 2.24) is 4.90 Å². The molecule has 164 valence electrons. The highest BCUT2D eigenvalue weighted by Gasteiger charge is 2.29. The SMILES string of the molecule is CCN(CC)C(=O)c1cccc(NCC(=O)Nc2cccc(NC(=O)C3CC3)c2C)c1. The van der Waals surface area contributed by atoms with Gasteiger partial charge in [0.25, 0.3) is 5.91 Å². The Hall–Kier alpha value is -3.35. The summed E-state index contributed by atoms with van der Waals surface area (Å²) in [5.74, 6) is -0.0911. The molecule has 0 bridgehead atoms. The van der Waals surface area contributed by atoms with Crippen LogP contribution in [0.3, 0.4) is 0 Å². The predicted octanol–water partition coefficient (Wildman–Crippen LogP) is 3.88. The first-order chi connectivity index (χ1) is 14.9. The Morgan fingerprint density at radius 3 is 2.26 bits per heavy atom. The largest absolute Gasteiger partial charge is 0.376 e. The number of carbonyl (C=O) groups is 3. The number of anilines is 3. The highest BCUT2D eigenvalue weighted by atomic mass is 16.2. The average molecular weight is 423 g/mol. The normalized spacial score (nSPS) is 12.7. The lowest BCUT2D eigenvalue weighted by Crippen LogP contribution is -2.30. The van der Waals surface area contributed by atoms with E-state index in [1.54, 1.807) is 29.2 Å². The van der Waals surface area contributed by atoms with Crippen LogP contribution in [0.4, 0.5) is 17.1 Å². The van der Waals surface area contributed by atoms with E-state index in [1.807, 2.05) is 39.0 Å². The molecule has 0 spiro atoms. The van der Waals surface area contributed by atoms with Gasteiger partial charge in [0.1, 0.15) is 0 Å². The van der Waals surface area contributed by atoms with Gasteiger partial charge in [-0.25, -0.2) is 0 Å². The molecule has 1 aliphatic rings. The zero-order chi connectivity index (χ0) is 22.4. The Morgan fingerprint density at radius 1 is 0.968 bits per heavy atom. The van der Waals surface area contributed by atoms with Gasteiger partial charge in [0, 0.05) is 41.6 Å². The van der Waals surface area contributed by atoms with Gasteiger partial charge >= 0.3 is 0 Å². The molecule has 0 atom stereocenters. The van der Waals surface area contributed by atoms with Gasteiger partial charge in [0.15, 0.2) is 0 Å². The van der Waals surface area contributed by atoms with Crippen molar-refractivity contribution in [1.29, 1.82) is 0 Å². The van der Waals surface area contributed by atoms with E-state index in [-0.39, 0.29) is 30.2 Å². The van der Waals surface area contributed by atoms with Gasteiger partial charge < -0.3 is 20.9 Å². The Bertz CT molecular complexity index is 965. The minimum atomic E-state index is -0.214. The van der Waals surface area contributed by atoms with Gasteiger partial charge in [0.2, 0.25) is 11.8 Å². The maximum absolute atomic E-state index is 12.5. The van der Waals surface area contributed by atoms with Crippen LogP contribution in [0.5, 0.6) is 0 Å².